The Bertz CT molecular complexity index is 882. The number of piperazine rings is 1. The van der Waals surface area contributed by atoms with Crippen LogP contribution in [0.15, 0.2) is 48.5 Å². The highest BCUT2D eigenvalue weighted by Crippen LogP contribution is 2.49. The number of nitrogens with zero attached hydrogens (tertiary/aromatic N) is 2. The molecule has 1 atom stereocenters. The molecule has 2 aliphatic heterocycles. The summed E-state index contributed by atoms with van der Waals surface area (Å²) in [5.41, 5.74) is 5.05. The Morgan fingerprint density at radius 3 is 2.42 bits per heavy atom. The van der Waals surface area contributed by atoms with E-state index in [0.29, 0.717) is 17.4 Å². The lowest BCUT2D eigenvalue weighted by molar-refractivity contribution is -0.0747. The second-order valence-electron chi connectivity index (χ2n) is 10.3. The van der Waals surface area contributed by atoms with Gasteiger partial charge in [0.05, 0.1) is 7.11 Å². The molecular formula is C27H37N3O. The molecule has 2 aromatic carbocycles. The Hall–Kier alpha value is -1.88. The van der Waals surface area contributed by atoms with Crippen LogP contribution in [0.25, 0.3) is 0 Å². The SMILES string of the molecule is COc1ccc(CN2CCN(C3CC4(CNC4)C3)C(c3ccccc3C(C)C)C2)cc1. The van der Waals surface area contributed by atoms with E-state index in [0.717, 1.165) is 31.4 Å². The van der Waals surface area contributed by atoms with Gasteiger partial charge < -0.3 is 10.1 Å². The van der Waals surface area contributed by atoms with Gasteiger partial charge in [0.2, 0.25) is 0 Å². The molecule has 2 heterocycles. The normalized spacial score (nSPS) is 24.2. The highest BCUT2D eigenvalue weighted by atomic mass is 16.5. The van der Waals surface area contributed by atoms with Crippen LogP contribution in [0.5, 0.6) is 5.75 Å². The lowest BCUT2D eigenvalue weighted by Crippen LogP contribution is -2.67. The molecule has 0 bridgehead atoms. The van der Waals surface area contributed by atoms with Crippen LogP contribution in [-0.4, -0.2) is 55.7 Å². The second kappa shape index (κ2) is 8.57. The first-order chi connectivity index (χ1) is 15.1. The van der Waals surface area contributed by atoms with Gasteiger partial charge >= 0.3 is 0 Å². The number of nitrogens with one attached hydrogen (secondary N) is 1. The summed E-state index contributed by atoms with van der Waals surface area (Å²) in [6.45, 7) is 11.6. The molecule has 5 rings (SSSR count). The maximum absolute atomic E-state index is 5.33. The van der Waals surface area contributed by atoms with E-state index >= 15 is 0 Å². The first kappa shape index (κ1) is 21.0. The first-order valence-electron chi connectivity index (χ1n) is 12.0. The fourth-order valence-electron chi connectivity index (χ4n) is 5.98. The third-order valence-electron chi connectivity index (χ3n) is 7.85. The fraction of sp³-hybridized carbons (Fsp3) is 0.556. The molecule has 166 valence electrons. The van der Waals surface area contributed by atoms with Crippen LogP contribution in [0.4, 0.5) is 0 Å². The van der Waals surface area contributed by atoms with E-state index in [1.807, 2.05) is 0 Å². The van der Waals surface area contributed by atoms with Gasteiger partial charge in [-0.25, -0.2) is 0 Å². The zero-order valence-electron chi connectivity index (χ0n) is 19.3. The topological polar surface area (TPSA) is 27.7 Å². The van der Waals surface area contributed by atoms with Crippen molar-refractivity contribution in [1.82, 2.24) is 15.1 Å². The highest BCUT2D eigenvalue weighted by molar-refractivity contribution is 5.34. The van der Waals surface area contributed by atoms with Crippen molar-refractivity contribution in [2.45, 2.75) is 51.2 Å². The number of hydrogen-bond acceptors (Lipinski definition) is 4. The van der Waals surface area contributed by atoms with E-state index in [2.05, 4.69) is 77.5 Å². The molecule has 1 aliphatic carbocycles. The van der Waals surface area contributed by atoms with Crippen molar-refractivity contribution in [3.63, 3.8) is 0 Å². The van der Waals surface area contributed by atoms with Crippen LogP contribution in [0, 0.1) is 5.41 Å². The number of benzene rings is 2. The Labute approximate surface area is 187 Å². The summed E-state index contributed by atoms with van der Waals surface area (Å²) in [6, 6.07) is 19.0. The number of rotatable bonds is 6. The monoisotopic (exact) mass is 419 g/mol. The zero-order chi connectivity index (χ0) is 21.4. The molecule has 0 amide bonds. The van der Waals surface area contributed by atoms with Crippen LogP contribution < -0.4 is 10.1 Å². The van der Waals surface area contributed by atoms with Gasteiger partial charge in [-0.3, -0.25) is 9.80 Å². The maximum Gasteiger partial charge on any atom is 0.118 e. The van der Waals surface area contributed by atoms with Gasteiger partial charge in [0.1, 0.15) is 5.75 Å². The highest BCUT2D eigenvalue weighted by Gasteiger charge is 2.51. The Kier molecular flexibility index (Phi) is 5.80. The molecule has 2 saturated heterocycles. The van der Waals surface area contributed by atoms with Crippen LogP contribution >= 0.6 is 0 Å². The molecule has 3 fully saturated rings. The van der Waals surface area contributed by atoms with Gasteiger partial charge in [0, 0.05) is 51.4 Å². The van der Waals surface area contributed by atoms with Crippen molar-refractivity contribution < 1.29 is 4.74 Å². The molecular weight excluding hydrogens is 382 g/mol. The molecule has 0 radical (unpaired) electrons. The Morgan fingerprint density at radius 1 is 1.03 bits per heavy atom. The van der Waals surface area contributed by atoms with Crippen LogP contribution in [-0.2, 0) is 6.54 Å². The van der Waals surface area contributed by atoms with E-state index in [9.17, 15) is 0 Å². The third-order valence-corrected chi connectivity index (χ3v) is 7.85. The summed E-state index contributed by atoms with van der Waals surface area (Å²) < 4.78 is 5.33. The molecule has 1 N–H and O–H groups in total. The minimum atomic E-state index is 0.487. The van der Waals surface area contributed by atoms with Gasteiger partial charge in [-0.05, 0) is 53.0 Å². The molecule has 4 heteroatoms. The van der Waals surface area contributed by atoms with Gasteiger partial charge in [-0.2, -0.15) is 0 Å². The van der Waals surface area contributed by atoms with Crippen LogP contribution in [0.1, 0.15) is 55.3 Å². The predicted molar refractivity (Wildman–Crippen MR) is 127 cm³/mol. The molecule has 0 aromatic heterocycles. The van der Waals surface area contributed by atoms with Crippen molar-refractivity contribution >= 4 is 0 Å². The van der Waals surface area contributed by atoms with E-state index in [-0.39, 0.29) is 0 Å². The summed E-state index contributed by atoms with van der Waals surface area (Å²) in [7, 11) is 1.73. The van der Waals surface area contributed by atoms with Crippen molar-refractivity contribution in [2.75, 3.05) is 39.8 Å². The standard InChI is InChI=1S/C27H37N3O/c1-20(2)24-6-4-5-7-25(24)26-17-29(16-21-8-10-23(31-3)11-9-21)12-13-30(26)22-14-27(15-22)18-28-19-27/h4-11,20,22,26,28H,12-19H2,1-3H3. The molecule has 4 nitrogen and oxygen atoms in total. The van der Waals surface area contributed by atoms with Crippen LogP contribution in [0.2, 0.25) is 0 Å². The maximum atomic E-state index is 5.33. The summed E-state index contributed by atoms with van der Waals surface area (Å²) in [5.74, 6) is 1.49. The number of hydrogen-bond donors (Lipinski definition) is 1. The number of methoxy groups -OCH3 is 1. The zero-order valence-corrected chi connectivity index (χ0v) is 19.3. The quantitative estimate of drug-likeness (QED) is 0.750. The average molecular weight is 420 g/mol. The molecule has 2 aromatic rings. The van der Waals surface area contributed by atoms with Gasteiger partial charge in [-0.1, -0.05) is 50.2 Å². The van der Waals surface area contributed by atoms with Crippen molar-refractivity contribution in [3.05, 3.63) is 65.2 Å². The fourth-order valence-corrected chi connectivity index (χ4v) is 5.98. The molecule has 1 unspecified atom stereocenters. The van der Waals surface area contributed by atoms with E-state index in [1.165, 1.54) is 43.6 Å². The van der Waals surface area contributed by atoms with E-state index in [4.69, 9.17) is 4.74 Å². The van der Waals surface area contributed by atoms with Gasteiger partial charge in [0.25, 0.3) is 0 Å². The van der Waals surface area contributed by atoms with Crippen molar-refractivity contribution in [3.8, 4) is 5.75 Å². The average Bonchev–Trinajstić information content (AvgIpc) is 2.73. The van der Waals surface area contributed by atoms with Gasteiger partial charge in [-0.15, -0.1) is 0 Å². The van der Waals surface area contributed by atoms with E-state index < -0.39 is 0 Å². The predicted octanol–water partition coefficient (Wildman–Crippen LogP) is 4.43. The van der Waals surface area contributed by atoms with Crippen molar-refractivity contribution in [2.24, 2.45) is 5.41 Å². The minimum Gasteiger partial charge on any atom is -0.497 e. The Balaban J connectivity index is 1.36. The summed E-state index contributed by atoms with van der Waals surface area (Å²) in [6.07, 6.45) is 2.75. The summed E-state index contributed by atoms with van der Waals surface area (Å²) in [4.78, 5) is 5.51. The smallest absolute Gasteiger partial charge is 0.118 e. The second-order valence-corrected chi connectivity index (χ2v) is 10.3. The first-order valence-corrected chi connectivity index (χ1v) is 12.0. The molecule has 1 spiro atoms. The number of ether oxygens (including phenoxy) is 1. The Morgan fingerprint density at radius 2 is 1.77 bits per heavy atom. The molecule has 3 aliphatic rings. The third kappa shape index (κ3) is 4.13. The minimum absolute atomic E-state index is 0.487. The van der Waals surface area contributed by atoms with E-state index in [1.54, 1.807) is 12.7 Å². The van der Waals surface area contributed by atoms with Gasteiger partial charge in [0.15, 0.2) is 0 Å². The summed E-state index contributed by atoms with van der Waals surface area (Å²) >= 11 is 0. The molecule has 1 saturated carbocycles. The largest absolute Gasteiger partial charge is 0.497 e. The lowest BCUT2D eigenvalue weighted by atomic mass is 9.61. The molecule has 31 heavy (non-hydrogen) atoms. The van der Waals surface area contributed by atoms with Crippen molar-refractivity contribution in [1.29, 1.82) is 0 Å². The van der Waals surface area contributed by atoms with Crippen LogP contribution in [0.3, 0.4) is 0 Å². The lowest BCUT2D eigenvalue weighted by Gasteiger charge is -2.60. The summed E-state index contributed by atoms with van der Waals surface area (Å²) in [5, 5.41) is 3.50.